The molecule has 0 saturated heterocycles. The summed E-state index contributed by atoms with van der Waals surface area (Å²) in [5.41, 5.74) is 2.97. The third-order valence-electron chi connectivity index (χ3n) is 3.63. The summed E-state index contributed by atoms with van der Waals surface area (Å²) in [6, 6.07) is 13.8. The van der Waals surface area contributed by atoms with Gasteiger partial charge in [0.15, 0.2) is 0 Å². The summed E-state index contributed by atoms with van der Waals surface area (Å²) in [5.74, 6) is 0.868. The minimum absolute atomic E-state index is 0.0240. The average Bonchev–Trinajstić information content (AvgIpc) is 2.60. The number of carbonyl (C=O) groups excluding carboxylic acids is 1. The number of carbonyl (C=O) groups is 1. The Morgan fingerprint density at radius 2 is 1.80 bits per heavy atom. The summed E-state index contributed by atoms with van der Waals surface area (Å²) < 4.78 is 6.63. The van der Waals surface area contributed by atoms with Gasteiger partial charge in [0, 0.05) is 23.8 Å². The first kappa shape index (κ1) is 19.3. The topological polar surface area (TPSA) is 50.4 Å². The molecular formula is C20H25BrN2O2. The number of ether oxygens (including phenoxy) is 1. The summed E-state index contributed by atoms with van der Waals surface area (Å²) in [6.07, 6.45) is 0.989. The molecule has 0 aromatic heterocycles. The third kappa shape index (κ3) is 6.09. The van der Waals surface area contributed by atoms with E-state index in [9.17, 15) is 4.79 Å². The van der Waals surface area contributed by atoms with Crippen molar-refractivity contribution in [3.63, 3.8) is 0 Å². The van der Waals surface area contributed by atoms with Crippen LogP contribution in [0.15, 0.2) is 46.9 Å². The van der Waals surface area contributed by atoms with E-state index in [0.29, 0.717) is 6.54 Å². The van der Waals surface area contributed by atoms with Gasteiger partial charge in [-0.3, -0.25) is 4.79 Å². The summed E-state index contributed by atoms with van der Waals surface area (Å²) >= 11 is 3.55. The Labute approximate surface area is 158 Å². The summed E-state index contributed by atoms with van der Waals surface area (Å²) in [4.78, 5) is 11.7. The van der Waals surface area contributed by atoms with Crippen molar-refractivity contribution in [3.05, 3.63) is 52.5 Å². The van der Waals surface area contributed by atoms with Crippen LogP contribution in [-0.2, 0) is 11.3 Å². The van der Waals surface area contributed by atoms with E-state index in [4.69, 9.17) is 4.74 Å². The normalized spacial score (nSPS) is 10.6. The van der Waals surface area contributed by atoms with Crippen molar-refractivity contribution < 1.29 is 9.53 Å². The summed E-state index contributed by atoms with van der Waals surface area (Å²) in [5, 5.41) is 6.27. The van der Waals surface area contributed by atoms with Crippen LogP contribution >= 0.6 is 15.9 Å². The molecule has 0 saturated carbocycles. The lowest BCUT2D eigenvalue weighted by molar-refractivity contribution is -0.118. The molecule has 0 fully saturated rings. The molecule has 1 amide bonds. The molecule has 134 valence electrons. The molecular weight excluding hydrogens is 380 g/mol. The van der Waals surface area contributed by atoms with Crippen molar-refractivity contribution in [1.29, 1.82) is 0 Å². The van der Waals surface area contributed by atoms with Gasteiger partial charge in [0.1, 0.15) is 5.75 Å². The van der Waals surface area contributed by atoms with Gasteiger partial charge < -0.3 is 15.4 Å². The van der Waals surface area contributed by atoms with Gasteiger partial charge in [-0.25, -0.2) is 0 Å². The van der Waals surface area contributed by atoms with Crippen LogP contribution in [0.3, 0.4) is 0 Å². The predicted octanol–water partition coefficient (Wildman–Crippen LogP) is 5.44. The molecule has 0 atom stereocenters. The van der Waals surface area contributed by atoms with Crippen LogP contribution in [0.2, 0.25) is 0 Å². The molecule has 4 nitrogen and oxygen atoms in total. The quantitative estimate of drug-likeness (QED) is 0.615. The molecule has 2 rings (SSSR count). The van der Waals surface area contributed by atoms with Gasteiger partial charge in [-0.15, -0.1) is 0 Å². The standard InChI is InChI=1S/C20H25BrN2O2/c1-4-11-25-19-10-5-15(12-18(19)21)13-22-16-6-8-17(9-7-16)23-20(24)14(2)3/h5-10,12,14,22H,4,11,13H2,1-3H3,(H,23,24). The molecule has 2 aromatic rings. The molecule has 0 bridgehead atoms. The van der Waals surface area contributed by atoms with Gasteiger partial charge in [-0.1, -0.05) is 26.8 Å². The van der Waals surface area contributed by atoms with Crippen LogP contribution < -0.4 is 15.4 Å². The van der Waals surface area contributed by atoms with E-state index in [0.717, 1.165) is 40.2 Å². The molecule has 0 spiro atoms. The Balaban J connectivity index is 1.90. The average molecular weight is 405 g/mol. The molecule has 2 N–H and O–H groups in total. The molecule has 0 radical (unpaired) electrons. The fourth-order valence-electron chi connectivity index (χ4n) is 2.15. The van der Waals surface area contributed by atoms with Gasteiger partial charge in [0.25, 0.3) is 0 Å². The second-order valence-corrected chi connectivity index (χ2v) is 7.04. The zero-order valence-corrected chi connectivity index (χ0v) is 16.5. The number of amides is 1. The van der Waals surface area contributed by atoms with Gasteiger partial charge in [-0.2, -0.15) is 0 Å². The van der Waals surface area contributed by atoms with Gasteiger partial charge in [0.05, 0.1) is 11.1 Å². The van der Waals surface area contributed by atoms with Crippen LogP contribution in [0.4, 0.5) is 11.4 Å². The highest BCUT2D eigenvalue weighted by Crippen LogP contribution is 2.26. The maximum atomic E-state index is 11.7. The first-order chi connectivity index (χ1) is 12.0. The summed E-state index contributed by atoms with van der Waals surface area (Å²) in [6.45, 7) is 7.27. The molecule has 0 unspecified atom stereocenters. The molecule has 25 heavy (non-hydrogen) atoms. The van der Waals surface area contributed by atoms with Crippen LogP contribution in [-0.4, -0.2) is 12.5 Å². The largest absolute Gasteiger partial charge is 0.492 e. The number of nitrogens with one attached hydrogen (secondary N) is 2. The van der Waals surface area contributed by atoms with E-state index in [2.05, 4.69) is 45.6 Å². The lowest BCUT2D eigenvalue weighted by atomic mass is 10.2. The Hall–Kier alpha value is -2.01. The summed E-state index contributed by atoms with van der Waals surface area (Å²) in [7, 11) is 0. The van der Waals surface area contributed by atoms with Crippen molar-refractivity contribution in [1.82, 2.24) is 0 Å². The molecule has 0 aliphatic carbocycles. The van der Waals surface area contributed by atoms with Crippen LogP contribution in [0.25, 0.3) is 0 Å². The zero-order valence-electron chi connectivity index (χ0n) is 14.9. The first-order valence-electron chi connectivity index (χ1n) is 8.55. The Bertz CT molecular complexity index is 699. The number of hydrogen-bond acceptors (Lipinski definition) is 3. The Morgan fingerprint density at radius 1 is 1.12 bits per heavy atom. The highest BCUT2D eigenvalue weighted by molar-refractivity contribution is 9.10. The minimum atomic E-state index is -0.0273. The lowest BCUT2D eigenvalue weighted by Crippen LogP contribution is -2.17. The van der Waals surface area contributed by atoms with Crippen LogP contribution in [0.5, 0.6) is 5.75 Å². The van der Waals surface area contributed by atoms with E-state index in [1.807, 2.05) is 44.2 Å². The molecule has 0 aliphatic rings. The fourth-order valence-corrected chi connectivity index (χ4v) is 2.69. The Morgan fingerprint density at radius 3 is 2.40 bits per heavy atom. The van der Waals surface area contributed by atoms with E-state index in [-0.39, 0.29) is 11.8 Å². The van der Waals surface area contributed by atoms with Crippen LogP contribution in [0, 0.1) is 5.92 Å². The number of rotatable bonds is 8. The third-order valence-corrected chi connectivity index (χ3v) is 4.25. The predicted molar refractivity (Wildman–Crippen MR) is 107 cm³/mol. The SMILES string of the molecule is CCCOc1ccc(CNc2ccc(NC(=O)C(C)C)cc2)cc1Br. The molecule has 2 aromatic carbocycles. The minimum Gasteiger partial charge on any atom is -0.492 e. The van der Waals surface area contributed by atoms with Gasteiger partial charge in [-0.05, 0) is 64.3 Å². The zero-order chi connectivity index (χ0) is 18.2. The smallest absolute Gasteiger partial charge is 0.226 e. The Kier molecular flexibility index (Phi) is 7.31. The highest BCUT2D eigenvalue weighted by Gasteiger charge is 2.07. The van der Waals surface area contributed by atoms with E-state index in [1.54, 1.807) is 0 Å². The number of benzene rings is 2. The van der Waals surface area contributed by atoms with Crippen molar-refractivity contribution in [2.75, 3.05) is 17.2 Å². The molecule has 5 heteroatoms. The molecule has 0 heterocycles. The maximum absolute atomic E-state index is 11.7. The van der Waals surface area contributed by atoms with Crippen molar-refractivity contribution in [2.24, 2.45) is 5.92 Å². The van der Waals surface area contributed by atoms with Crippen molar-refractivity contribution in [3.8, 4) is 5.75 Å². The second kappa shape index (κ2) is 9.47. The van der Waals surface area contributed by atoms with E-state index >= 15 is 0 Å². The van der Waals surface area contributed by atoms with E-state index in [1.165, 1.54) is 0 Å². The lowest BCUT2D eigenvalue weighted by Gasteiger charge is -2.11. The van der Waals surface area contributed by atoms with Crippen molar-refractivity contribution in [2.45, 2.75) is 33.7 Å². The number of halogens is 1. The number of anilines is 2. The monoisotopic (exact) mass is 404 g/mol. The first-order valence-corrected chi connectivity index (χ1v) is 9.35. The van der Waals surface area contributed by atoms with E-state index < -0.39 is 0 Å². The van der Waals surface area contributed by atoms with Gasteiger partial charge >= 0.3 is 0 Å². The number of hydrogen-bond donors (Lipinski definition) is 2. The van der Waals surface area contributed by atoms with Crippen LogP contribution in [0.1, 0.15) is 32.8 Å². The second-order valence-electron chi connectivity index (χ2n) is 6.19. The maximum Gasteiger partial charge on any atom is 0.226 e. The highest BCUT2D eigenvalue weighted by atomic mass is 79.9. The fraction of sp³-hybridized carbons (Fsp3) is 0.350. The molecule has 0 aliphatic heterocycles. The van der Waals surface area contributed by atoms with Gasteiger partial charge in [0.2, 0.25) is 5.91 Å². The van der Waals surface area contributed by atoms with Crippen molar-refractivity contribution >= 4 is 33.2 Å².